The molecule has 0 radical (unpaired) electrons. The monoisotopic (exact) mass is 342 g/mol. The number of nitrogens with zero attached hydrogens (tertiary/aromatic N) is 3. The van der Waals surface area contributed by atoms with Crippen LogP contribution in [0.4, 0.5) is 5.82 Å². The molecule has 0 atom stereocenters. The van der Waals surface area contributed by atoms with E-state index >= 15 is 0 Å². The number of likely N-dealkylation sites (tertiary alicyclic amines) is 1. The fourth-order valence-electron chi connectivity index (χ4n) is 2.82. The summed E-state index contributed by atoms with van der Waals surface area (Å²) in [5.41, 5.74) is 8.20. The quantitative estimate of drug-likeness (QED) is 0.925. The van der Waals surface area contributed by atoms with Crippen LogP contribution in [0.1, 0.15) is 19.3 Å². The smallest absolute Gasteiger partial charge is 0.153 e. The molecule has 2 heterocycles. The van der Waals surface area contributed by atoms with E-state index in [-0.39, 0.29) is 24.8 Å². The minimum absolute atomic E-state index is 0. The number of nitrogens with two attached hydrogens (primary N) is 1. The molecule has 6 heteroatoms. The first-order chi connectivity index (χ1) is 9.83. The zero-order valence-corrected chi connectivity index (χ0v) is 14.3. The minimum atomic E-state index is 0. The van der Waals surface area contributed by atoms with Gasteiger partial charge in [0.05, 0.1) is 6.54 Å². The van der Waals surface area contributed by atoms with Crippen molar-refractivity contribution in [1.82, 2.24) is 14.7 Å². The van der Waals surface area contributed by atoms with Gasteiger partial charge in [-0.2, -0.15) is 5.10 Å². The maximum atomic E-state index is 6.04. The molecule has 1 fully saturated rings. The standard InChI is InChI=1S/C16H22N4.2ClH/c17-16-15(14-7-3-1-4-8-14)13-20(18-16)12-11-19-9-5-2-6-10-19;;/h1,3-4,7-8,13H,2,5-6,9-12H2,(H2,17,18);2*1H. The lowest BCUT2D eigenvalue weighted by Gasteiger charge is -2.26. The Morgan fingerprint density at radius 3 is 2.32 bits per heavy atom. The van der Waals surface area contributed by atoms with Crippen LogP contribution in [0.2, 0.25) is 0 Å². The highest BCUT2D eigenvalue weighted by atomic mass is 35.5. The largest absolute Gasteiger partial charge is 0.382 e. The second-order valence-electron chi connectivity index (χ2n) is 5.46. The van der Waals surface area contributed by atoms with Crippen LogP contribution in [0.5, 0.6) is 0 Å². The molecule has 0 aliphatic carbocycles. The van der Waals surface area contributed by atoms with Crippen LogP contribution in [0.25, 0.3) is 11.1 Å². The van der Waals surface area contributed by atoms with Gasteiger partial charge in [-0.1, -0.05) is 36.8 Å². The lowest BCUT2D eigenvalue weighted by Crippen LogP contribution is -2.32. The normalized spacial score (nSPS) is 14.9. The Labute approximate surface area is 144 Å². The van der Waals surface area contributed by atoms with Crippen LogP contribution in [0, 0.1) is 0 Å². The highest BCUT2D eigenvalue weighted by molar-refractivity contribution is 5.85. The molecule has 3 rings (SSSR count). The summed E-state index contributed by atoms with van der Waals surface area (Å²) in [6, 6.07) is 10.2. The van der Waals surface area contributed by atoms with E-state index in [1.165, 1.54) is 32.4 Å². The summed E-state index contributed by atoms with van der Waals surface area (Å²) in [6.07, 6.45) is 6.10. The van der Waals surface area contributed by atoms with Gasteiger partial charge in [0.15, 0.2) is 5.82 Å². The Morgan fingerprint density at radius 2 is 1.64 bits per heavy atom. The number of hydrogen-bond acceptors (Lipinski definition) is 3. The zero-order valence-electron chi connectivity index (χ0n) is 12.6. The van der Waals surface area contributed by atoms with Crippen molar-refractivity contribution in [3.05, 3.63) is 36.5 Å². The molecule has 0 bridgehead atoms. The van der Waals surface area contributed by atoms with Gasteiger partial charge in [-0.15, -0.1) is 24.8 Å². The number of hydrogen-bond donors (Lipinski definition) is 1. The Morgan fingerprint density at radius 1 is 0.955 bits per heavy atom. The van der Waals surface area contributed by atoms with Gasteiger partial charge in [0, 0.05) is 18.3 Å². The average molecular weight is 343 g/mol. The van der Waals surface area contributed by atoms with Gasteiger partial charge in [0.1, 0.15) is 0 Å². The van der Waals surface area contributed by atoms with Crippen molar-refractivity contribution >= 4 is 30.6 Å². The molecule has 1 aromatic heterocycles. The molecular weight excluding hydrogens is 319 g/mol. The van der Waals surface area contributed by atoms with Gasteiger partial charge in [-0.05, 0) is 31.5 Å². The number of halogens is 2. The van der Waals surface area contributed by atoms with Crippen molar-refractivity contribution in [1.29, 1.82) is 0 Å². The molecule has 1 aromatic carbocycles. The molecule has 0 unspecified atom stereocenters. The Kier molecular flexibility index (Phi) is 7.73. The third-order valence-electron chi connectivity index (χ3n) is 3.97. The van der Waals surface area contributed by atoms with Crippen molar-refractivity contribution in [3.63, 3.8) is 0 Å². The van der Waals surface area contributed by atoms with Crippen molar-refractivity contribution in [2.24, 2.45) is 0 Å². The first-order valence-corrected chi connectivity index (χ1v) is 7.43. The summed E-state index contributed by atoms with van der Waals surface area (Å²) in [5.74, 6) is 0.620. The van der Waals surface area contributed by atoms with Crippen LogP contribution < -0.4 is 5.73 Å². The number of aromatic nitrogens is 2. The summed E-state index contributed by atoms with van der Waals surface area (Å²) in [4.78, 5) is 2.52. The molecule has 1 aliphatic heterocycles. The summed E-state index contributed by atoms with van der Waals surface area (Å²) < 4.78 is 1.98. The summed E-state index contributed by atoms with van der Waals surface area (Å²) in [6.45, 7) is 4.43. The van der Waals surface area contributed by atoms with Gasteiger partial charge in [0.2, 0.25) is 0 Å². The number of piperidine rings is 1. The number of anilines is 1. The molecule has 1 saturated heterocycles. The van der Waals surface area contributed by atoms with Gasteiger partial charge in [0.25, 0.3) is 0 Å². The van der Waals surface area contributed by atoms with Gasteiger partial charge in [-0.3, -0.25) is 4.68 Å². The Hall–Kier alpha value is -1.23. The van der Waals surface area contributed by atoms with E-state index in [1.807, 2.05) is 22.9 Å². The molecule has 22 heavy (non-hydrogen) atoms. The predicted molar refractivity (Wildman–Crippen MR) is 96.9 cm³/mol. The van der Waals surface area contributed by atoms with Crippen molar-refractivity contribution in [2.75, 3.05) is 25.4 Å². The maximum Gasteiger partial charge on any atom is 0.153 e. The van der Waals surface area contributed by atoms with Gasteiger partial charge in [-0.25, -0.2) is 0 Å². The Balaban J connectivity index is 0.00000121. The SMILES string of the molecule is Cl.Cl.Nc1nn(CCN2CCCCC2)cc1-c1ccccc1. The first-order valence-electron chi connectivity index (χ1n) is 7.43. The molecule has 2 N–H and O–H groups in total. The second kappa shape index (κ2) is 9.03. The van der Waals surface area contributed by atoms with E-state index in [4.69, 9.17) is 5.73 Å². The minimum Gasteiger partial charge on any atom is -0.382 e. The van der Waals surface area contributed by atoms with Gasteiger partial charge >= 0.3 is 0 Å². The number of nitrogen functional groups attached to an aromatic ring is 1. The van der Waals surface area contributed by atoms with E-state index in [2.05, 4.69) is 28.3 Å². The van der Waals surface area contributed by atoms with Crippen molar-refractivity contribution in [3.8, 4) is 11.1 Å². The van der Waals surface area contributed by atoms with Crippen molar-refractivity contribution in [2.45, 2.75) is 25.8 Å². The fourth-order valence-corrected chi connectivity index (χ4v) is 2.82. The van der Waals surface area contributed by atoms with E-state index in [0.717, 1.165) is 24.2 Å². The zero-order chi connectivity index (χ0) is 13.8. The molecule has 1 aliphatic rings. The number of benzene rings is 1. The lowest BCUT2D eigenvalue weighted by molar-refractivity contribution is 0.218. The Bertz CT molecular complexity index is 551. The molecule has 0 spiro atoms. The topological polar surface area (TPSA) is 47.1 Å². The fraction of sp³-hybridized carbons (Fsp3) is 0.438. The van der Waals surface area contributed by atoms with Crippen LogP contribution in [0.15, 0.2) is 36.5 Å². The van der Waals surface area contributed by atoms with Crippen LogP contribution in [-0.4, -0.2) is 34.3 Å². The maximum absolute atomic E-state index is 6.04. The molecule has 4 nitrogen and oxygen atoms in total. The van der Waals surface area contributed by atoms with E-state index in [1.54, 1.807) is 0 Å². The molecular formula is C16H24Cl2N4. The van der Waals surface area contributed by atoms with Gasteiger partial charge < -0.3 is 10.6 Å². The molecule has 0 saturated carbocycles. The van der Waals surface area contributed by atoms with E-state index < -0.39 is 0 Å². The third-order valence-corrected chi connectivity index (χ3v) is 3.97. The molecule has 122 valence electrons. The first kappa shape index (κ1) is 18.8. The third kappa shape index (κ3) is 4.63. The summed E-state index contributed by atoms with van der Waals surface area (Å²) in [5, 5.41) is 4.44. The van der Waals surface area contributed by atoms with Crippen LogP contribution in [0.3, 0.4) is 0 Å². The predicted octanol–water partition coefficient (Wildman–Crippen LogP) is 3.46. The summed E-state index contributed by atoms with van der Waals surface area (Å²) >= 11 is 0. The van der Waals surface area contributed by atoms with E-state index in [9.17, 15) is 0 Å². The lowest BCUT2D eigenvalue weighted by atomic mass is 10.1. The molecule has 0 amide bonds. The highest BCUT2D eigenvalue weighted by Gasteiger charge is 2.11. The van der Waals surface area contributed by atoms with Crippen LogP contribution in [-0.2, 0) is 6.54 Å². The molecule has 2 aromatic rings. The number of rotatable bonds is 4. The summed E-state index contributed by atoms with van der Waals surface area (Å²) in [7, 11) is 0. The van der Waals surface area contributed by atoms with Crippen LogP contribution >= 0.6 is 24.8 Å². The average Bonchev–Trinajstić information content (AvgIpc) is 2.88. The second-order valence-corrected chi connectivity index (χ2v) is 5.46. The highest BCUT2D eigenvalue weighted by Crippen LogP contribution is 2.24. The van der Waals surface area contributed by atoms with Crippen molar-refractivity contribution < 1.29 is 0 Å². The van der Waals surface area contributed by atoms with E-state index in [0.29, 0.717) is 5.82 Å².